The second-order valence-electron chi connectivity index (χ2n) is 5.71. The van der Waals surface area contributed by atoms with E-state index in [0.29, 0.717) is 13.2 Å². The van der Waals surface area contributed by atoms with Gasteiger partial charge in [-0.05, 0) is 24.6 Å². The van der Waals surface area contributed by atoms with Crippen molar-refractivity contribution in [3.63, 3.8) is 0 Å². The quantitative estimate of drug-likeness (QED) is 0.638. The number of ether oxygens (including phenoxy) is 2. The molecule has 138 valence electrons. The predicted octanol–water partition coefficient (Wildman–Crippen LogP) is 1.90. The maximum absolute atomic E-state index is 12.0. The molecule has 2 N–H and O–H groups in total. The van der Waals surface area contributed by atoms with Crippen molar-refractivity contribution < 1.29 is 19.1 Å². The van der Waals surface area contributed by atoms with E-state index in [-0.39, 0.29) is 25.0 Å². The van der Waals surface area contributed by atoms with Gasteiger partial charge in [0.15, 0.2) is 0 Å². The van der Waals surface area contributed by atoms with E-state index in [0.717, 1.165) is 11.3 Å². The molecule has 0 saturated carbocycles. The van der Waals surface area contributed by atoms with Crippen LogP contribution in [-0.4, -0.2) is 37.7 Å². The standard InChI is InChI=1S/C20H24N2O4/c1-16(20(24)21-14-17-8-4-2-5-9-17)22-19(23)15-25-12-13-26-18-10-6-3-7-11-18/h2-11,16H,12-15H2,1H3,(H,21,24)(H,22,23). The molecule has 0 spiro atoms. The van der Waals surface area contributed by atoms with Gasteiger partial charge in [0.05, 0.1) is 6.61 Å². The number of amides is 2. The zero-order chi connectivity index (χ0) is 18.6. The van der Waals surface area contributed by atoms with E-state index in [9.17, 15) is 9.59 Å². The Balaban J connectivity index is 1.57. The van der Waals surface area contributed by atoms with Crippen LogP contribution in [0.1, 0.15) is 12.5 Å². The van der Waals surface area contributed by atoms with Gasteiger partial charge in [-0.25, -0.2) is 0 Å². The minimum absolute atomic E-state index is 0.117. The van der Waals surface area contributed by atoms with Gasteiger partial charge < -0.3 is 20.1 Å². The average molecular weight is 356 g/mol. The molecule has 1 unspecified atom stereocenters. The molecule has 2 aromatic carbocycles. The van der Waals surface area contributed by atoms with Crippen molar-refractivity contribution in [2.45, 2.75) is 19.5 Å². The summed E-state index contributed by atoms with van der Waals surface area (Å²) in [5.74, 6) is 0.172. The first kappa shape index (κ1) is 19.5. The van der Waals surface area contributed by atoms with Crippen LogP contribution >= 0.6 is 0 Å². The van der Waals surface area contributed by atoms with Crippen LogP contribution < -0.4 is 15.4 Å². The van der Waals surface area contributed by atoms with Gasteiger partial charge in [-0.15, -0.1) is 0 Å². The highest BCUT2D eigenvalue weighted by molar-refractivity contribution is 5.87. The lowest BCUT2D eigenvalue weighted by molar-refractivity contribution is -0.131. The molecule has 0 saturated heterocycles. The minimum atomic E-state index is -0.629. The lowest BCUT2D eigenvalue weighted by Gasteiger charge is -2.14. The fraction of sp³-hybridized carbons (Fsp3) is 0.300. The van der Waals surface area contributed by atoms with Gasteiger partial charge in [0, 0.05) is 6.54 Å². The van der Waals surface area contributed by atoms with Crippen LogP contribution in [0.4, 0.5) is 0 Å². The molecule has 6 heteroatoms. The van der Waals surface area contributed by atoms with Gasteiger partial charge in [-0.1, -0.05) is 48.5 Å². The second-order valence-corrected chi connectivity index (χ2v) is 5.71. The zero-order valence-electron chi connectivity index (χ0n) is 14.8. The maximum atomic E-state index is 12.0. The van der Waals surface area contributed by atoms with Gasteiger partial charge in [0.1, 0.15) is 25.0 Å². The van der Waals surface area contributed by atoms with Crippen molar-refractivity contribution in [1.29, 1.82) is 0 Å². The number of rotatable bonds is 10. The monoisotopic (exact) mass is 356 g/mol. The Labute approximate surface area is 153 Å². The molecule has 0 aromatic heterocycles. The maximum Gasteiger partial charge on any atom is 0.246 e. The molecule has 2 rings (SSSR count). The van der Waals surface area contributed by atoms with E-state index in [2.05, 4.69) is 10.6 Å². The molecule has 0 heterocycles. The topological polar surface area (TPSA) is 76.7 Å². The Bertz CT molecular complexity index is 677. The van der Waals surface area contributed by atoms with E-state index in [1.165, 1.54) is 0 Å². The summed E-state index contributed by atoms with van der Waals surface area (Å²) < 4.78 is 10.7. The van der Waals surface area contributed by atoms with Crippen LogP contribution in [0.25, 0.3) is 0 Å². The highest BCUT2D eigenvalue weighted by atomic mass is 16.5. The van der Waals surface area contributed by atoms with Crippen molar-refractivity contribution >= 4 is 11.8 Å². The number of benzene rings is 2. The van der Waals surface area contributed by atoms with Crippen LogP contribution in [-0.2, 0) is 20.9 Å². The molecule has 2 aromatic rings. The molecular weight excluding hydrogens is 332 g/mol. The zero-order valence-corrected chi connectivity index (χ0v) is 14.8. The van der Waals surface area contributed by atoms with Crippen molar-refractivity contribution in [1.82, 2.24) is 10.6 Å². The summed E-state index contributed by atoms with van der Waals surface area (Å²) in [4.78, 5) is 23.8. The first-order valence-electron chi connectivity index (χ1n) is 8.52. The van der Waals surface area contributed by atoms with E-state index in [1.807, 2.05) is 60.7 Å². The smallest absolute Gasteiger partial charge is 0.246 e. The molecule has 1 atom stereocenters. The van der Waals surface area contributed by atoms with Crippen molar-refractivity contribution in [2.75, 3.05) is 19.8 Å². The van der Waals surface area contributed by atoms with Crippen molar-refractivity contribution in [3.8, 4) is 5.75 Å². The van der Waals surface area contributed by atoms with Crippen LogP contribution in [0.2, 0.25) is 0 Å². The van der Waals surface area contributed by atoms with E-state index in [1.54, 1.807) is 6.92 Å². The third-order valence-corrected chi connectivity index (χ3v) is 3.55. The summed E-state index contributed by atoms with van der Waals surface area (Å²) in [6, 6.07) is 18.3. The minimum Gasteiger partial charge on any atom is -0.491 e. The number of carbonyl (C=O) groups is 2. The molecule has 2 amide bonds. The van der Waals surface area contributed by atoms with Crippen LogP contribution in [0.3, 0.4) is 0 Å². The van der Waals surface area contributed by atoms with E-state index >= 15 is 0 Å². The highest BCUT2D eigenvalue weighted by Crippen LogP contribution is 2.07. The Hall–Kier alpha value is -2.86. The summed E-state index contributed by atoms with van der Waals surface area (Å²) in [5.41, 5.74) is 1.00. The van der Waals surface area contributed by atoms with Gasteiger partial charge >= 0.3 is 0 Å². The summed E-state index contributed by atoms with van der Waals surface area (Å²) in [6.45, 7) is 2.58. The first-order valence-corrected chi connectivity index (χ1v) is 8.52. The van der Waals surface area contributed by atoms with Gasteiger partial charge in [-0.3, -0.25) is 9.59 Å². The summed E-state index contributed by atoms with van der Waals surface area (Å²) in [7, 11) is 0. The molecule has 26 heavy (non-hydrogen) atoms. The second kappa shape index (κ2) is 10.9. The fourth-order valence-electron chi connectivity index (χ4n) is 2.19. The Morgan fingerprint density at radius 1 is 0.962 bits per heavy atom. The summed E-state index contributed by atoms with van der Waals surface area (Å²) in [5, 5.41) is 5.39. The Morgan fingerprint density at radius 2 is 1.62 bits per heavy atom. The fourth-order valence-corrected chi connectivity index (χ4v) is 2.19. The van der Waals surface area contributed by atoms with Crippen LogP contribution in [0.5, 0.6) is 5.75 Å². The van der Waals surface area contributed by atoms with Gasteiger partial charge in [0.2, 0.25) is 11.8 Å². The third-order valence-electron chi connectivity index (χ3n) is 3.55. The molecule has 0 aliphatic heterocycles. The van der Waals surface area contributed by atoms with E-state index in [4.69, 9.17) is 9.47 Å². The summed E-state index contributed by atoms with van der Waals surface area (Å²) >= 11 is 0. The highest BCUT2D eigenvalue weighted by Gasteiger charge is 2.15. The molecule has 0 radical (unpaired) electrons. The molecule has 0 aliphatic rings. The lowest BCUT2D eigenvalue weighted by atomic mass is 10.2. The normalized spacial score (nSPS) is 11.4. The van der Waals surface area contributed by atoms with E-state index < -0.39 is 6.04 Å². The molecule has 0 aliphatic carbocycles. The molecule has 0 fully saturated rings. The molecule has 0 bridgehead atoms. The first-order chi connectivity index (χ1) is 12.6. The van der Waals surface area contributed by atoms with Gasteiger partial charge in [-0.2, -0.15) is 0 Å². The van der Waals surface area contributed by atoms with Crippen LogP contribution in [0.15, 0.2) is 60.7 Å². The third kappa shape index (κ3) is 7.36. The SMILES string of the molecule is CC(NC(=O)COCCOc1ccccc1)C(=O)NCc1ccccc1. The Morgan fingerprint density at radius 3 is 2.31 bits per heavy atom. The number of nitrogens with one attached hydrogen (secondary N) is 2. The number of hydrogen-bond acceptors (Lipinski definition) is 4. The largest absolute Gasteiger partial charge is 0.491 e. The van der Waals surface area contributed by atoms with Crippen molar-refractivity contribution in [3.05, 3.63) is 66.2 Å². The van der Waals surface area contributed by atoms with Crippen molar-refractivity contribution in [2.24, 2.45) is 0 Å². The van der Waals surface area contributed by atoms with Gasteiger partial charge in [0.25, 0.3) is 0 Å². The van der Waals surface area contributed by atoms with Crippen LogP contribution in [0, 0.1) is 0 Å². The average Bonchev–Trinajstić information content (AvgIpc) is 2.67. The Kier molecular flexibility index (Phi) is 8.15. The summed E-state index contributed by atoms with van der Waals surface area (Å²) in [6.07, 6.45) is 0. The number of hydrogen-bond donors (Lipinski definition) is 2. The predicted molar refractivity (Wildman–Crippen MR) is 98.6 cm³/mol. The number of carbonyl (C=O) groups excluding carboxylic acids is 2. The number of para-hydroxylation sites is 1. The molecular formula is C20H24N2O4. The molecule has 6 nitrogen and oxygen atoms in total. The lowest BCUT2D eigenvalue weighted by Crippen LogP contribution is -2.45.